The smallest absolute Gasteiger partial charge is 0.162 e. The van der Waals surface area contributed by atoms with Crippen molar-refractivity contribution in [1.29, 1.82) is 0 Å². The van der Waals surface area contributed by atoms with Gasteiger partial charge in [-0.3, -0.25) is 0 Å². The highest BCUT2D eigenvalue weighted by Crippen LogP contribution is 2.32. The predicted molar refractivity (Wildman–Crippen MR) is 56.4 cm³/mol. The Bertz CT molecular complexity index is 378. The van der Waals surface area contributed by atoms with Gasteiger partial charge in [-0.25, -0.2) is 8.78 Å². The summed E-state index contributed by atoms with van der Waals surface area (Å²) in [6.07, 6.45) is 0. The fourth-order valence-electron chi connectivity index (χ4n) is 1.43. The molecular formula is C11H15F2NO2. The summed E-state index contributed by atoms with van der Waals surface area (Å²) in [4.78, 5) is 0. The van der Waals surface area contributed by atoms with Gasteiger partial charge >= 0.3 is 0 Å². The van der Waals surface area contributed by atoms with E-state index in [9.17, 15) is 13.9 Å². The third-order valence-electron chi connectivity index (χ3n) is 2.69. The van der Waals surface area contributed by atoms with Gasteiger partial charge in [0.2, 0.25) is 0 Å². The number of benzene rings is 1. The average Bonchev–Trinajstić information content (AvgIpc) is 2.31. The van der Waals surface area contributed by atoms with E-state index in [0.717, 1.165) is 12.1 Å². The predicted octanol–water partition coefficient (Wildman–Crippen LogP) is 1.18. The zero-order valence-corrected chi connectivity index (χ0v) is 9.26. The molecule has 3 nitrogen and oxygen atoms in total. The van der Waals surface area contributed by atoms with Crippen LogP contribution in [0.4, 0.5) is 8.78 Å². The SMILES string of the molecule is COc1cc(F)c(F)cc1C(C)(CN)CO. The molecule has 0 heterocycles. The van der Waals surface area contributed by atoms with Crippen molar-refractivity contribution in [3.05, 3.63) is 29.3 Å². The third kappa shape index (κ3) is 2.15. The lowest BCUT2D eigenvalue weighted by Gasteiger charge is -2.27. The first-order chi connectivity index (χ1) is 7.48. The van der Waals surface area contributed by atoms with Crippen LogP contribution in [0.5, 0.6) is 5.75 Å². The minimum Gasteiger partial charge on any atom is -0.496 e. The third-order valence-corrected chi connectivity index (χ3v) is 2.69. The molecule has 1 unspecified atom stereocenters. The van der Waals surface area contributed by atoms with E-state index in [2.05, 4.69) is 0 Å². The number of nitrogens with two attached hydrogens (primary N) is 1. The molecule has 0 aromatic heterocycles. The molecular weight excluding hydrogens is 216 g/mol. The standard InChI is InChI=1S/C11H15F2NO2/c1-11(5-14,6-15)7-3-8(12)9(13)4-10(7)16-2/h3-4,15H,5-6,14H2,1-2H3. The van der Waals surface area contributed by atoms with Crippen molar-refractivity contribution in [2.75, 3.05) is 20.3 Å². The molecule has 0 saturated heterocycles. The van der Waals surface area contributed by atoms with Crippen molar-refractivity contribution in [1.82, 2.24) is 0 Å². The van der Waals surface area contributed by atoms with Gasteiger partial charge in [0.25, 0.3) is 0 Å². The molecule has 16 heavy (non-hydrogen) atoms. The van der Waals surface area contributed by atoms with Crippen LogP contribution in [-0.4, -0.2) is 25.4 Å². The zero-order chi connectivity index (χ0) is 12.3. The van der Waals surface area contributed by atoms with Gasteiger partial charge < -0.3 is 15.6 Å². The minimum absolute atomic E-state index is 0.102. The first-order valence-electron chi connectivity index (χ1n) is 4.83. The van der Waals surface area contributed by atoms with E-state index < -0.39 is 17.0 Å². The summed E-state index contributed by atoms with van der Waals surface area (Å²) in [6.45, 7) is 1.48. The Balaban J connectivity index is 3.36. The number of hydrogen-bond donors (Lipinski definition) is 2. The van der Waals surface area contributed by atoms with Gasteiger partial charge in [0, 0.05) is 23.6 Å². The monoisotopic (exact) mass is 231 g/mol. The molecule has 5 heteroatoms. The highest BCUT2D eigenvalue weighted by Gasteiger charge is 2.29. The van der Waals surface area contributed by atoms with Crippen LogP contribution in [0.25, 0.3) is 0 Å². The fourth-order valence-corrected chi connectivity index (χ4v) is 1.43. The highest BCUT2D eigenvalue weighted by atomic mass is 19.2. The van der Waals surface area contributed by atoms with E-state index in [0.29, 0.717) is 5.56 Å². The molecule has 1 aromatic carbocycles. The molecule has 0 spiro atoms. The second kappa shape index (κ2) is 4.76. The Morgan fingerprint density at radius 3 is 2.38 bits per heavy atom. The fraction of sp³-hybridized carbons (Fsp3) is 0.455. The van der Waals surface area contributed by atoms with Gasteiger partial charge in [-0.2, -0.15) is 0 Å². The molecule has 90 valence electrons. The van der Waals surface area contributed by atoms with Crippen molar-refractivity contribution in [2.45, 2.75) is 12.3 Å². The van der Waals surface area contributed by atoms with Gasteiger partial charge in [0.15, 0.2) is 11.6 Å². The van der Waals surface area contributed by atoms with Crippen LogP contribution in [0.3, 0.4) is 0 Å². The lowest BCUT2D eigenvalue weighted by atomic mass is 9.82. The zero-order valence-electron chi connectivity index (χ0n) is 9.26. The van der Waals surface area contributed by atoms with Crippen LogP contribution in [-0.2, 0) is 5.41 Å². The van der Waals surface area contributed by atoms with Crippen molar-refractivity contribution < 1.29 is 18.6 Å². The summed E-state index contributed by atoms with van der Waals surface area (Å²) in [5.41, 5.74) is 5.04. The van der Waals surface area contributed by atoms with Gasteiger partial charge in [-0.1, -0.05) is 6.92 Å². The van der Waals surface area contributed by atoms with Crippen LogP contribution in [0.15, 0.2) is 12.1 Å². The number of halogens is 2. The maximum absolute atomic E-state index is 13.1. The normalized spacial score (nSPS) is 14.6. The summed E-state index contributed by atoms with van der Waals surface area (Å²) in [5, 5.41) is 9.27. The van der Waals surface area contributed by atoms with E-state index in [1.807, 2.05) is 0 Å². The van der Waals surface area contributed by atoms with E-state index in [1.165, 1.54) is 7.11 Å². The molecule has 0 aliphatic carbocycles. The Hall–Kier alpha value is -1.20. The molecule has 3 N–H and O–H groups in total. The molecule has 1 atom stereocenters. The molecule has 1 aromatic rings. The number of rotatable bonds is 4. The van der Waals surface area contributed by atoms with E-state index >= 15 is 0 Å². The number of methoxy groups -OCH3 is 1. The molecule has 1 rings (SSSR count). The number of ether oxygens (including phenoxy) is 1. The van der Waals surface area contributed by atoms with Crippen LogP contribution < -0.4 is 10.5 Å². The average molecular weight is 231 g/mol. The molecule has 0 fully saturated rings. The molecule has 0 radical (unpaired) electrons. The van der Waals surface area contributed by atoms with Crippen LogP contribution in [0, 0.1) is 11.6 Å². The van der Waals surface area contributed by atoms with Gasteiger partial charge in [-0.05, 0) is 6.07 Å². The minimum atomic E-state index is -0.988. The lowest BCUT2D eigenvalue weighted by Crippen LogP contribution is -2.36. The number of aliphatic hydroxyl groups is 1. The maximum atomic E-state index is 13.1. The van der Waals surface area contributed by atoms with Gasteiger partial charge in [0.05, 0.1) is 13.7 Å². The summed E-state index contributed by atoms with van der Waals surface area (Å²) >= 11 is 0. The lowest BCUT2D eigenvalue weighted by molar-refractivity contribution is 0.206. The number of aliphatic hydroxyl groups excluding tert-OH is 1. The highest BCUT2D eigenvalue weighted by molar-refractivity contribution is 5.40. The van der Waals surface area contributed by atoms with Gasteiger partial charge in [-0.15, -0.1) is 0 Å². The Kier molecular flexibility index (Phi) is 3.83. The van der Waals surface area contributed by atoms with Crippen LogP contribution >= 0.6 is 0 Å². The quantitative estimate of drug-likeness (QED) is 0.818. The van der Waals surface area contributed by atoms with Crippen LogP contribution in [0.2, 0.25) is 0 Å². The first kappa shape index (κ1) is 12.9. The topological polar surface area (TPSA) is 55.5 Å². The Morgan fingerprint density at radius 1 is 1.38 bits per heavy atom. The van der Waals surface area contributed by atoms with E-state index in [-0.39, 0.29) is 18.9 Å². The summed E-state index contributed by atoms with van der Waals surface area (Å²) < 4.78 is 31.1. The van der Waals surface area contributed by atoms with Crippen molar-refractivity contribution in [2.24, 2.45) is 5.73 Å². The van der Waals surface area contributed by atoms with Gasteiger partial charge in [0.1, 0.15) is 5.75 Å². The van der Waals surface area contributed by atoms with E-state index in [4.69, 9.17) is 10.5 Å². The molecule has 0 saturated carbocycles. The summed E-state index contributed by atoms with van der Waals surface area (Å²) in [7, 11) is 1.35. The Labute approximate surface area is 92.8 Å². The maximum Gasteiger partial charge on any atom is 0.162 e. The molecule has 0 amide bonds. The largest absolute Gasteiger partial charge is 0.496 e. The van der Waals surface area contributed by atoms with Crippen molar-refractivity contribution in [3.8, 4) is 5.75 Å². The van der Waals surface area contributed by atoms with Crippen molar-refractivity contribution in [3.63, 3.8) is 0 Å². The molecule has 0 aliphatic rings. The molecule has 0 aliphatic heterocycles. The van der Waals surface area contributed by atoms with E-state index in [1.54, 1.807) is 6.92 Å². The van der Waals surface area contributed by atoms with Crippen LogP contribution in [0.1, 0.15) is 12.5 Å². The van der Waals surface area contributed by atoms with Crippen molar-refractivity contribution >= 4 is 0 Å². The summed E-state index contributed by atoms with van der Waals surface area (Å²) in [6, 6.07) is 1.96. The Morgan fingerprint density at radius 2 is 1.94 bits per heavy atom. The summed E-state index contributed by atoms with van der Waals surface area (Å²) in [5.74, 6) is -1.79. The number of hydrogen-bond acceptors (Lipinski definition) is 3. The second-order valence-electron chi connectivity index (χ2n) is 3.89. The molecule has 0 bridgehead atoms. The first-order valence-corrected chi connectivity index (χ1v) is 4.83. The second-order valence-corrected chi connectivity index (χ2v) is 3.89.